The zero-order chi connectivity index (χ0) is 12.6. The van der Waals surface area contributed by atoms with Gasteiger partial charge in [0.25, 0.3) is 0 Å². The van der Waals surface area contributed by atoms with Crippen molar-refractivity contribution in [3.8, 4) is 0 Å². The third kappa shape index (κ3) is 4.26. The largest absolute Gasteiger partial charge is 0.316 e. The molecule has 3 heteroatoms. The molecule has 18 heavy (non-hydrogen) atoms. The van der Waals surface area contributed by atoms with E-state index in [9.17, 15) is 4.39 Å². The quantitative estimate of drug-likeness (QED) is 0.790. The molecule has 1 aromatic carbocycles. The van der Waals surface area contributed by atoms with Gasteiger partial charge in [0.1, 0.15) is 5.82 Å². The third-order valence-corrected chi connectivity index (χ3v) is 2.82. The zero-order valence-electron chi connectivity index (χ0n) is 10.3. The van der Waals surface area contributed by atoms with Crippen molar-refractivity contribution in [2.24, 2.45) is 0 Å². The van der Waals surface area contributed by atoms with Crippen LogP contribution in [0.15, 0.2) is 48.8 Å². The van der Waals surface area contributed by atoms with Crippen molar-refractivity contribution < 1.29 is 4.39 Å². The number of halogens is 1. The van der Waals surface area contributed by atoms with Crippen molar-refractivity contribution in [3.63, 3.8) is 0 Å². The summed E-state index contributed by atoms with van der Waals surface area (Å²) in [6.45, 7) is 1.85. The molecule has 1 aromatic heterocycles. The first kappa shape index (κ1) is 12.7. The highest BCUT2D eigenvalue weighted by Crippen LogP contribution is 2.02. The SMILES string of the molecule is Fc1ccc(CCNCCc2cccnc2)cc1. The lowest BCUT2D eigenvalue weighted by atomic mass is 10.1. The van der Waals surface area contributed by atoms with Crippen LogP contribution in [0.5, 0.6) is 0 Å². The van der Waals surface area contributed by atoms with Gasteiger partial charge in [-0.15, -0.1) is 0 Å². The number of nitrogens with zero attached hydrogens (tertiary/aromatic N) is 1. The molecule has 0 aliphatic rings. The molecule has 94 valence electrons. The summed E-state index contributed by atoms with van der Waals surface area (Å²) < 4.78 is 12.7. The van der Waals surface area contributed by atoms with Gasteiger partial charge in [-0.1, -0.05) is 18.2 Å². The standard InChI is InChI=1S/C15H17FN2/c16-15-5-3-13(4-6-15)7-10-17-11-8-14-2-1-9-18-12-14/h1-6,9,12,17H,7-8,10-11H2. The van der Waals surface area contributed by atoms with Gasteiger partial charge in [-0.2, -0.15) is 0 Å². The van der Waals surface area contributed by atoms with E-state index in [0.29, 0.717) is 0 Å². The summed E-state index contributed by atoms with van der Waals surface area (Å²) in [5.41, 5.74) is 2.40. The summed E-state index contributed by atoms with van der Waals surface area (Å²) in [6, 6.07) is 10.7. The maximum absolute atomic E-state index is 12.7. The molecule has 0 spiro atoms. The van der Waals surface area contributed by atoms with Crippen LogP contribution in [0, 0.1) is 5.82 Å². The number of rotatable bonds is 6. The Morgan fingerprint density at radius 1 is 0.944 bits per heavy atom. The van der Waals surface area contributed by atoms with E-state index in [1.807, 2.05) is 24.4 Å². The lowest BCUT2D eigenvalue weighted by Crippen LogP contribution is -2.20. The van der Waals surface area contributed by atoms with Gasteiger partial charge in [-0.05, 0) is 55.3 Å². The Labute approximate surface area is 107 Å². The molecule has 0 amide bonds. The van der Waals surface area contributed by atoms with Crippen LogP contribution in [0.3, 0.4) is 0 Å². The Hall–Kier alpha value is -1.74. The average molecular weight is 244 g/mol. The first-order valence-corrected chi connectivity index (χ1v) is 6.18. The van der Waals surface area contributed by atoms with Gasteiger partial charge in [0.05, 0.1) is 0 Å². The summed E-state index contributed by atoms with van der Waals surface area (Å²) in [4.78, 5) is 4.08. The Balaban J connectivity index is 1.63. The highest BCUT2D eigenvalue weighted by molar-refractivity contribution is 5.16. The first-order chi connectivity index (χ1) is 8.84. The fourth-order valence-corrected chi connectivity index (χ4v) is 1.79. The molecule has 0 bridgehead atoms. The maximum Gasteiger partial charge on any atom is 0.123 e. The van der Waals surface area contributed by atoms with Crippen LogP contribution in [0.25, 0.3) is 0 Å². The summed E-state index contributed by atoms with van der Waals surface area (Å²) >= 11 is 0. The van der Waals surface area contributed by atoms with E-state index < -0.39 is 0 Å². The van der Waals surface area contributed by atoms with Crippen LogP contribution in [0.2, 0.25) is 0 Å². The zero-order valence-corrected chi connectivity index (χ0v) is 10.3. The Kier molecular flexibility index (Phi) is 4.85. The van der Waals surface area contributed by atoms with Gasteiger partial charge >= 0.3 is 0 Å². The molecule has 1 heterocycles. The third-order valence-electron chi connectivity index (χ3n) is 2.82. The second-order valence-corrected chi connectivity index (χ2v) is 4.24. The molecule has 2 aromatic rings. The van der Waals surface area contributed by atoms with Crippen molar-refractivity contribution >= 4 is 0 Å². The monoisotopic (exact) mass is 244 g/mol. The van der Waals surface area contributed by atoms with Gasteiger partial charge in [-0.3, -0.25) is 4.98 Å². The van der Waals surface area contributed by atoms with Crippen LogP contribution in [-0.2, 0) is 12.8 Å². The second kappa shape index (κ2) is 6.87. The summed E-state index contributed by atoms with van der Waals surface area (Å²) in [6.07, 6.45) is 5.58. The number of aromatic nitrogens is 1. The van der Waals surface area contributed by atoms with Crippen molar-refractivity contribution in [3.05, 3.63) is 65.7 Å². The number of pyridine rings is 1. The normalized spacial score (nSPS) is 10.5. The smallest absolute Gasteiger partial charge is 0.123 e. The molecule has 0 fully saturated rings. The van der Waals surface area contributed by atoms with Gasteiger partial charge < -0.3 is 5.32 Å². The van der Waals surface area contributed by atoms with Crippen LogP contribution >= 0.6 is 0 Å². The number of benzene rings is 1. The molecular formula is C15H17FN2. The molecule has 1 N–H and O–H groups in total. The van der Waals surface area contributed by atoms with Crippen molar-refractivity contribution in [2.75, 3.05) is 13.1 Å². The molecule has 0 aliphatic heterocycles. The highest BCUT2D eigenvalue weighted by Gasteiger charge is 1.95. The fourth-order valence-electron chi connectivity index (χ4n) is 1.79. The average Bonchev–Trinajstić information content (AvgIpc) is 2.42. The number of nitrogens with one attached hydrogen (secondary N) is 1. The van der Waals surface area contributed by atoms with E-state index in [-0.39, 0.29) is 5.82 Å². The predicted octanol–water partition coefficient (Wildman–Crippen LogP) is 2.60. The minimum Gasteiger partial charge on any atom is -0.316 e. The van der Waals surface area contributed by atoms with Crippen molar-refractivity contribution in [1.29, 1.82) is 0 Å². The molecule has 0 aliphatic carbocycles. The van der Waals surface area contributed by atoms with Gasteiger partial charge in [0.2, 0.25) is 0 Å². The maximum atomic E-state index is 12.7. The Morgan fingerprint density at radius 3 is 2.33 bits per heavy atom. The van der Waals surface area contributed by atoms with Gasteiger partial charge in [0.15, 0.2) is 0 Å². The summed E-state index contributed by atoms with van der Waals surface area (Å²) in [5.74, 6) is -0.178. The molecular weight excluding hydrogens is 227 g/mol. The number of hydrogen-bond acceptors (Lipinski definition) is 2. The minimum atomic E-state index is -0.178. The van der Waals surface area contributed by atoms with Crippen LogP contribution < -0.4 is 5.32 Å². The van der Waals surface area contributed by atoms with Crippen molar-refractivity contribution in [2.45, 2.75) is 12.8 Å². The van der Waals surface area contributed by atoms with E-state index >= 15 is 0 Å². The van der Waals surface area contributed by atoms with Crippen LogP contribution in [0.4, 0.5) is 4.39 Å². The topological polar surface area (TPSA) is 24.9 Å². The molecule has 0 saturated heterocycles. The van der Waals surface area contributed by atoms with E-state index in [1.54, 1.807) is 6.20 Å². The molecule has 0 radical (unpaired) electrons. The van der Waals surface area contributed by atoms with E-state index in [1.165, 1.54) is 17.7 Å². The molecule has 0 atom stereocenters. The molecule has 2 rings (SSSR count). The summed E-state index contributed by atoms with van der Waals surface area (Å²) in [7, 11) is 0. The first-order valence-electron chi connectivity index (χ1n) is 6.18. The van der Waals surface area contributed by atoms with Gasteiger partial charge in [-0.25, -0.2) is 4.39 Å². The van der Waals surface area contributed by atoms with Crippen LogP contribution in [-0.4, -0.2) is 18.1 Å². The lowest BCUT2D eigenvalue weighted by molar-refractivity contribution is 0.626. The van der Waals surface area contributed by atoms with E-state index in [0.717, 1.165) is 31.5 Å². The Morgan fingerprint density at radius 2 is 1.67 bits per heavy atom. The lowest BCUT2D eigenvalue weighted by Gasteiger charge is -2.05. The van der Waals surface area contributed by atoms with Gasteiger partial charge in [0, 0.05) is 12.4 Å². The molecule has 0 unspecified atom stereocenters. The predicted molar refractivity (Wildman–Crippen MR) is 70.9 cm³/mol. The Bertz CT molecular complexity index is 454. The van der Waals surface area contributed by atoms with Crippen LogP contribution in [0.1, 0.15) is 11.1 Å². The van der Waals surface area contributed by atoms with Crippen molar-refractivity contribution in [1.82, 2.24) is 10.3 Å². The molecule has 0 saturated carbocycles. The highest BCUT2D eigenvalue weighted by atomic mass is 19.1. The van der Waals surface area contributed by atoms with E-state index in [4.69, 9.17) is 0 Å². The minimum absolute atomic E-state index is 0.178. The summed E-state index contributed by atoms with van der Waals surface area (Å²) in [5, 5.41) is 3.38. The van der Waals surface area contributed by atoms with E-state index in [2.05, 4.69) is 16.4 Å². The second-order valence-electron chi connectivity index (χ2n) is 4.24. The molecule has 2 nitrogen and oxygen atoms in total. The number of hydrogen-bond donors (Lipinski definition) is 1. The fraction of sp³-hybridized carbons (Fsp3) is 0.267.